The van der Waals surface area contributed by atoms with Crippen LogP contribution in [0.5, 0.6) is 46.0 Å². The summed E-state index contributed by atoms with van der Waals surface area (Å²) < 4.78 is 67.5. The Labute approximate surface area is 594 Å². The second-order valence-electron chi connectivity index (χ2n) is 22.9. The van der Waals surface area contributed by atoms with Crippen LogP contribution in [-0.4, -0.2) is 112 Å². The van der Waals surface area contributed by atoms with E-state index in [9.17, 15) is 38.4 Å². The Morgan fingerprint density at radius 2 is 0.500 bits per heavy atom. The summed E-state index contributed by atoms with van der Waals surface area (Å²) >= 11 is 0. The number of hydrogen-bond donors (Lipinski definition) is 0. The summed E-state index contributed by atoms with van der Waals surface area (Å²) in [5.41, 5.74) is 1.60. The van der Waals surface area contributed by atoms with Gasteiger partial charge in [0.1, 0.15) is 46.0 Å². The standard InChI is InChI=1S/C80H88N2O20/c1-7-73(83)95-51-23-15-11-19-47-91-63-35-27-59(28-36-63)77(87)99-67-43-45-71(101-79(89)61-31-39-65(40-32-61)93-49-21-13-17-25-53-97-75(85)9-3)69(55-67)57(5)81-82-58(6)70-56-68(100-78(88)60-29-37-64(38-30-60)92-48-20-12-16-24-52-96-74(84)8-2)44-46-72(70)102-80(90)62-33-41-66(42-34-62)94-50-22-14-18-26-54-98-76(86)10-4/h7-10,27-46,55-56H,1-4,11-26,47-54H2,5-6H3. The molecule has 0 radical (unpaired) electrons. The van der Waals surface area contributed by atoms with E-state index in [1.807, 2.05) is 0 Å². The molecule has 22 nitrogen and oxygen atoms in total. The minimum absolute atomic E-state index is 0.0313. The summed E-state index contributed by atoms with van der Waals surface area (Å²) in [5, 5.41) is 9.13. The van der Waals surface area contributed by atoms with Crippen LogP contribution in [-0.2, 0) is 38.1 Å². The maximum Gasteiger partial charge on any atom is 0.343 e. The lowest BCUT2D eigenvalue weighted by Crippen LogP contribution is -2.13. The Bertz CT molecular complexity index is 3570. The number of carbonyl (C=O) groups excluding carboxylic acids is 8. The second-order valence-corrected chi connectivity index (χ2v) is 22.9. The van der Waals surface area contributed by atoms with Crippen molar-refractivity contribution in [2.24, 2.45) is 10.2 Å². The van der Waals surface area contributed by atoms with Crippen LogP contribution in [0.25, 0.3) is 0 Å². The predicted octanol–water partition coefficient (Wildman–Crippen LogP) is 15.5. The van der Waals surface area contributed by atoms with E-state index >= 15 is 0 Å². The Morgan fingerprint density at radius 1 is 0.284 bits per heavy atom. The van der Waals surface area contributed by atoms with Crippen LogP contribution in [0, 0.1) is 0 Å². The monoisotopic (exact) mass is 1400 g/mol. The Hall–Kier alpha value is -11.4. The van der Waals surface area contributed by atoms with E-state index in [4.69, 9.17) is 56.8 Å². The van der Waals surface area contributed by atoms with E-state index in [-0.39, 0.29) is 67.8 Å². The zero-order valence-electron chi connectivity index (χ0n) is 57.9. The molecule has 0 saturated heterocycles. The molecule has 102 heavy (non-hydrogen) atoms. The number of unbranched alkanes of at least 4 members (excludes halogenated alkanes) is 12. The van der Waals surface area contributed by atoms with E-state index in [1.54, 1.807) is 111 Å². The van der Waals surface area contributed by atoms with E-state index < -0.39 is 47.8 Å². The van der Waals surface area contributed by atoms with E-state index in [1.165, 1.54) is 36.4 Å². The fourth-order valence-corrected chi connectivity index (χ4v) is 9.46. The van der Waals surface area contributed by atoms with Crippen LogP contribution >= 0.6 is 0 Å². The molecule has 22 heteroatoms. The lowest BCUT2D eigenvalue weighted by molar-refractivity contribution is -0.138. The van der Waals surface area contributed by atoms with Gasteiger partial charge in [0.25, 0.3) is 0 Å². The summed E-state index contributed by atoms with van der Waals surface area (Å²) in [7, 11) is 0. The fraction of sp³-hybridized carbons (Fsp3) is 0.325. The van der Waals surface area contributed by atoms with Crippen LogP contribution in [0.1, 0.15) is 169 Å². The molecule has 0 spiro atoms. The van der Waals surface area contributed by atoms with Crippen molar-refractivity contribution in [2.45, 2.75) is 117 Å². The number of nitrogens with zero attached hydrogens (tertiary/aromatic N) is 2. The number of rotatable bonds is 47. The topological polar surface area (TPSA) is 272 Å². The molecule has 0 aromatic heterocycles. The van der Waals surface area contributed by atoms with E-state index in [2.05, 4.69) is 36.5 Å². The maximum absolute atomic E-state index is 13.9. The van der Waals surface area contributed by atoms with E-state index in [0.29, 0.717) is 88.7 Å². The highest BCUT2D eigenvalue weighted by atomic mass is 16.6. The lowest BCUT2D eigenvalue weighted by atomic mass is 10.1. The molecule has 6 aromatic carbocycles. The Kier molecular flexibility index (Phi) is 35.3. The van der Waals surface area contributed by atoms with Crippen molar-refractivity contribution in [3.63, 3.8) is 0 Å². The SMILES string of the molecule is C=CC(=O)OCCCCCCOc1ccc(C(=O)Oc2ccc(OC(=O)c3ccc(OCCCCCCOC(=O)C=C)cc3)c(C(C)=NN=C(C)c3cc(OC(=O)c4ccc(OCCCCCCOC(=O)C=C)cc4)ccc3OC(=O)c3ccc(OCCCCCCOC(=O)C=C)cc3)c2)cc1. The van der Waals surface area contributed by atoms with Gasteiger partial charge in [-0.15, -0.1) is 0 Å². The molecule has 6 rings (SSSR count). The van der Waals surface area contributed by atoms with Gasteiger partial charge >= 0.3 is 47.8 Å². The third kappa shape index (κ3) is 29.6. The highest BCUT2D eigenvalue weighted by Gasteiger charge is 2.21. The predicted molar refractivity (Wildman–Crippen MR) is 383 cm³/mol. The number of esters is 8. The van der Waals surface area contributed by atoms with Crippen LogP contribution in [0.2, 0.25) is 0 Å². The number of hydrogen-bond acceptors (Lipinski definition) is 22. The molecule has 0 aliphatic heterocycles. The van der Waals surface area contributed by atoms with Crippen LogP contribution < -0.4 is 37.9 Å². The normalized spacial score (nSPS) is 11.0. The minimum atomic E-state index is -0.727. The summed E-state index contributed by atoms with van der Waals surface area (Å²) in [4.78, 5) is 100. The van der Waals surface area contributed by atoms with Crippen molar-refractivity contribution in [1.29, 1.82) is 0 Å². The third-order valence-electron chi connectivity index (χ3n) is 15.1. The van der Waals surface area contributed by atoms with Gasteiger partial charge in [0.2, 0.25) is 0 Å². The Balaban J connectivity index is 1.21. The van der Waals surface area contributed by atoms with Gasteiger partial charge in [-0.25, -0.2) is 38.4 Å². The van der Waals surface area contributed by atoms with Crippen molar-refractivity contribution in [1.82, 2.24) is 0 Å². The smallest absolute Gasteiger partial charge is 0.343 e. The largest absolute Gasteiger partial charge is 0.494 e. The second kappa shape index (κ2) is 45.3. The number of carbonyl (C=O) groups is 8. The third-order valence-corrected chi connectivity index (χ3v) is 15.1. The van der Waals surface area contributed by atoms with Gasteiger partial charge in [0, 0.05) is 35.4 Å². The van der Waals surface area contributed by atoms with Crippen LogP contribution in [0.3, 0.4) is 0 Å². The fourth-order valence-electron chi connectivity index (χ4n) is 9.46. The van der Waals surface area contributed by atoms with Gasteiger partial charge in [0.15, 0.2) is 0 Å². The highest BCUT2D eigenvalue weighted by Crippen LogP contribution is 2.31. The summed E-state index contributed by atoms with van der Waals surface area (Å²) in [6.45, 7) is 19.8. The average Bonchev–Trinajstić information content (AvgIpc) is 0.822. The van der Waals surface area contributed by atoms with Gasteiger partial charge in [-0.05, 0) is 250 Å². The minimum Gasteiger partial charge on any atom is -0.494 e. The van der Waals surface area contributed by atoms with Crippen molar-refractivity contribution in [3.8, 4) is 46.0 Å². The molecule has 0 heterocycles. The van der Waals surface area contributed by atoms with E-state index in [0.717, 1.165) is 114 Å². The quantitative estimate of drug-likeness (QED) is 0.00653. The van der Waals surface area contributed by atoms with Crippen molar-refractivity contribution in [3.05, 3.63) is 217 Å². The molecule has 0 amide bonds. The highest BCUT2D eigenvalue weighted by molar-refractivity contribution is 6.06. The van der Waals surface area contributed by atoms with Crippen molar-refractivity contribution in [2.75, 3.05) is 52.9 Å². The molecule has 0 unspecified atom stereocenters. The molecule has 6 aromatic rings. The zero-order valence-corrected chi connectivity index (χ0v) is 57.9. The first-order valence-electron chi connectivity index (χ1n) is 33.9. The van der Waals surface area contributed by atoms with Crippen molar-refractivity contribution >= 4 is 59.2 Å². The van der Waals surface area contributed by atoms with Gasteiger partial charge in [-0.2, -0.15) is 10.2 Å². The van der Waals surface area contributed by atoms with Gasteiger partial charge in [-0.3, -0.25) is 0 Å². The Morgan fingerprint density at radius 3 is 0.735 bits per heavy atom. The lowest BCUT2D eigenvalue weighted by Gasteiger charge is -2.14. The molecule has 0 bridgehead atoms. The first-order chi connectivity index (χ1) is 49.5. The van der Waals surface area contributed by atoms with Crippen LogP contribution in [0.15, 0.2) is 194 Å². The van der Waals surface area contributed by atoms with Gasteiger partial charge in [0.05, 0.1) is 86.5 Å². The summed E-state index contributed by atoms with van der Waals surface area (Å²) in [6, 6.07) is 34.6. The molecule has 0 aliphatic carbocycles. The molecule has 538 valence electrons. The molecule has 0 atom stereocenters. The number of ether oxygens (including phenoxy) is 12. The van der Waals surface area contributed by atoms with Crippen LogP contribution in [0.4, 0.5) is 0 Å². The van der Waals surface area contributed by atoms with Gasteiger partial charge in [-0.1, -0.05) is 26.3 Å². The molecule has 0 fully saturated rings. The first kappa shape index (κ1) is 79.6. The van der Waals surface area contributed by atoms with Gasteiger partial charge < -0.3 is 56.8 Å². The molecular formula is C80H88N2O20. The molecule has 0 aliphatic rings. The summed E-state index contributed by atoms with van der Waals surface area (Å²) in [6.07, 6.45) is 17.3. The molecule has 0 saturated carbocycles. The average molecular weight is 1400 g/mol. The maximum atomic E-state index is 13.9. The zero-order chi connectivity index (χ0) is 73.1. The van der Waals surface area contributed by atoms with Crippen molar-refractivity contribution < 1.29 is 95.2 Å². The molecule has 0 N–H and O–H groups in total. The number of benzene rings is 6. The molecular weight excluding hydrogens is 1310 g/mol. The summed E-state index contributed by atoms with van der Waals surface area (Å²) in [5.74, 6) is -2.29. The first-order valence-corrected chi connectivity index (χ1v) is 33.9.